The van der Waals surface area contributed by atoms with Crippen molar-refractivity contribution >= 4 is 11.7 Å². The normalized spacial score (nSPS) is 31.2. The first-order valence-electron chi connectivity index (χ1n) is 6.95. The molecule has 118 valence electrons. The molecule has 2 saturated heterocycles. The van der Waals surface area contributed by atoms with Gasteiger partial charge in [0.25, 0.3) is 0 Å². The molecule has 22 heavy (non-hydrogen) atoms. The van der Waals surface area contributed by atoms with E-state index in [1.54, 1.807) is 38.1 Å². The van der Waals surface area contributed by atoms with Gasteiger partial charge in [0.2, 0.25) is 0 Å². The van der Waals surface area contributed by atoms with E-state index in [9.17, 15) is 4.79 Å². The maximum atomic E-state index is 11.9. The first-order valence-corrected chi connectivity index (χ1v) is 6.95. The van der Waals surface area contributed by atoms with Gasteiger partial charge < -0.3 is 24.2 Å². The number of carbonyl (C=O) groups is 1. The molecule has 0 bridgehead atoms. The van der Waals surface area contributed by atoms with Crippen molar-refractivity contribution in [1.82, 2.24) is 0 Å². The van der Waals surface area contributed by atoms with Crippen molar-refractivity contribution in [3.8, 4) is 0 Å². The lowest BCUT2D eigenvalue weighted by Crippen LogP contribution is -2.33. The average molecular weight is 307 g/mol. The fourth-order valence-corrected chi connectivity index (χ4v) is 2.50. The fraction of sp³-hybridized carbons (Fsp3) is 0.467. The summed E-state index contributed by atoms with van der Waals surface area (Å²) in [6.45, 7) is 3.41. The Kier molecular flexibility index (Phi) is 3.86. The smallest absolute Gasteiger partial charge is 0.338 e. The van der Waals surface area contributed by atoms with Crippen LogP contribution in [-0.4, -0.2) is 47.8 Å². The molecule has 3 unspecified atom stereocenters. The highest BCUT2D eigenvalue weighted by molar-refractivity contribution is 5.95. The first kappa shape index (κ1) is 15.0. The number of ether oxygens (including phenoxy) is 4. The lowest BCUT2D eigenvalue weighted by atomic mass is 10.1. The molecule has 7 nitrogen and oxygen atoms in total. The predicted octanol–water partition coefficient (Wildman–Crippen LogP) is 1.55. The summed E-state index contributed by atoms with van der Waals surface area (Å²) in [5.41, 5.74) is 0.702. The Balaban J connectivity index is 1.62. The maximum Gasteiger partial charge on any atom is 0.338 e. The van der Waals surface area contributed by atoms with Crippen LogP contribution in [0.1, 0.15) is 24.2 Å². The van der Waals surface area contributed by atoms with Crippen LogP contribution < -0.4 is 0 Å². The Morgan fingerprint density at radius 3 is 2.73 bits per heavy atom. The molecule has 0 aromatic heterocycles. The third-order valence-electron chi connectivity index (χ3n) is 3.47. The Bertz CT molecular complexity index is 585. The van der Waals surface area contributed by atoms with Gasteiger partial charge in [-0.2, -0.15) is 0 Å². The van der Waals surface area contributed by atoms with Crippen molar-refractivity contribution in [3.63, 3.8) is 0 Å². The second kappa shape index (κ2) is 5.68. The van der Waals surface area contributed by atoms with Gasteiger partial charge in [-0.15, -0.1) is 0 Å². The number of rotatable bonds is 3. The molecule has 1 aromatic rings. The highest BCUT2D eigenvalue weighted by Gasteiger charge is 2.53. The second-order valence-corrected chi connectivity index (χ2v) is 5.54. The highest BCUT2D eigenvalue weighted by atomic mass is 16.8. The number of oxime groups is 1. The summed E-state index contributed by atoms with van der Waals surface area (Å²) in [7, 11) is 0. The largest absolute Gasteiger partial charge is 0.459 e. The van der Waals surface area contributed by atoms with E-state index in [4.69, 9.17) is 24.2 Å². The molecule has 1 aromatic carbocycles. The zero-order chi connectivity index (χ0) is 15.7. The third-order valence-corrected chi connectivity index (χ3v) is 3.47. The van der Waals surface area contributed by atoms with Gasteiger partial charge in [-0.25, -0.2) is 4.79 Å². The van der Waals surface area contributed by atoms with Crippen LogP contribution in [0.3, 0.4) is 0 Å². The molecule has 7 heteroatoms. The quantitative estimate of drug-likeness (QED) is 0.518. The predicted molar refractivity (Wildman–Crippen MR) is 74.6 cm³/mol. The minimum Gasteiger partial charge on any atom is -0.459 e. The molecule has 2 heterocycles. The molecular weight excluding hydrogens is 290 g/mol. The SMILES string of the molecule is CC1(C)OC2OC(COC(=O)c3ccccc3)/C(=N/O)C2O1. The van der Waals surface area contributed by atoms with E-state index in [1.807, 2.05) is 6.07 Å². The minimum absolute atomic E-state index is 0.0761. The Morgan fingerprint density at radius 2 is 2.05 bits per heavy atom. The van der Waals surface area contributed by atoms with Crippen molar-refractivity contribution in [2.75, 3.05) is 6.61 Å². The van der Waals surface area contributed by atoms with Crippen molar-refractivity contribution in [3.05, 3.63) is 35.9 Å². The van der Waals surface area contributed by atoms with Crippen LogP contribution in [0.15, 0.2) is 35.5 Å². The molecule has 0 saturated carbocycles. The van der Waals surface area contributed by atoms with E-state index in [0.29, 0.717) is 5.56 Å². The number of hydrogen-bond donors (Lipinski definition) is 1. The van der Waals surface area contributed by atoms with E-state index in [2.05, 4.69) is 5.16 Å². The van der Waals surface area contributed by atoms with Crippen LogP contribution in [0.2, 0.25) is 0 Å². The van der Waals surface area contributed by atoms with Gasteiger partial charge in [0, 0.05) is 0 Å². The topological polar surface area (TPSA) is 86.6 Å². The van der Waals surface area contributed by atoms with Gasteiger partial charge in [-0.1, -0.05) is 23.4 Å². The van der Waals surface area contributed by atoms with Crippen LogP contribution in [0.4, 0.5) is 0 Å². The van der Waals surface area contributed by atoms with Crippen LogP contribution in [0.25, 0.3) is 0 Å². The van der Waals surface area contributed by atoms with Crippen LogP contribution in [0, 0.1) is 0 Å². The van der Waals surface area contributed by atoms with Crippen molar-refractivity contribution in [2.45, 2.75) is 38.1 Å². The van der Waals surface area contributed by atoms with Crippen molar-refractivity contribution in [1.29, 1.82) is 0 Å². The molecule has 0 amide bonds. The number of nitrogens with zero attached hydrogens (tertiary/aromatic N) is 1. The summed E-state index contributed by atoms with van der Waals surface area (Å²) in [6.07, 6.45) is -1.95. The summed E-state index contributed by atoms with van der Waals surface area (Å²) in [5.74, 6) is -1.28. The lowest BCUT2D eigenvalue weighted by Gasteiger charge is -2.20. The monoisotopic (exact) mass is 307 g/mol. The van der Waals surface area contributed by atoms with Crippen molar-refractivity contribution in [2.24, 2.45) is 5.16 Å². The number of fused-ring (bicyclic) bond motifs is 1. The Morgan fingerprint density at radius 1 is 1.32 bits per heavy atom. The summed E-state index contributed by atoms with van der Waals surface area (Å²) in [5, 5.41) is 12.4. The average Bonchev–Trinajstić information content (AvgIpc) is 2.96. The van der Waals surface area contributed by atoms with Crippen LogP contribution in [0.5, 0.6) is 0 Å². The van der Waals surface area contributed by atoms with E-state index >= 15 is 0 Å². The fourth-order valence-electron chi connectivity index (χ4n) is 2.50. The van der Waals surface area contributed by atoms with Gasteiger partial charge in [0.1, 0.15) is 18.4 Å². The molecule has 1 N–H and O–H groups in total. The molecule has 2 aliphatic rings. The molecular formula is C15H17NO6. The minimum atomic E-state index is -0.809. The number of carbonyl (C=O) groups excluding carboxylic acids is 1. The highest BCUT2D eigenvalue weighted by Crippen LogP contribution is 2.35. The van der Waals surface area contributed by atoms with Crippen LogP contribution in [-0.2, 0) is 18.9 Å². The van der Waals surface area contributed by atoms with Gasteiger partial charge >= 0.3 is 5.97 Å². The standard InChI is InChI=1S/C15H17NO6/c1-15(2)21-12-11(16-18)10(20-14(12)22-15)8-19-13(17)9-6-4-3-5-7-9/h3-7,10,12,14,18H,8H2,1-2H3/b16-11-. The molecule has 2 aliphatic heterocycles. The van der Waals surface area contributed by atoms with Gasteiger partial charge in [0.15, 0.2) is 18.2 Å². The van der Waals surface area contributed by atoms with E-state index < -0.39 is 30.3 Å². The first-order chi connectivity index (χ1) is 10.5. The molecule has 0 spiro atoms. The summed E-state index contributed by atoms with van der Waals surface area (Å²) < 4.78 is 22.0. The summed E-state index contributed by atoms with van der Waals surface area (Å²) >= 11 is 0. The van der Waals surface area contributed by atoms with E-state index in [-0.39, 0.29) is 12.3 Å². The molecule has 0 aliphatic carbocycles. The number of benzene rings is 1. The summed E-state index contributed by atoms with van der Waals surface area (Å²) in [4.78, 5) is 11.9. The Labute approximate surface area is 127 Å². The third kappa shape index (κ3) is 2.83. The number of hydrogen-bond acceptors (Lipinski definition) is 7. The zero-order valence-corrected chi connectivity index (χ0v) is 12.3. The second-order valence-electron chi connectivity index (χ2n) is 5.54. The number of esters is 1. The lowest BCUT2D eigenvalue weighted by molar-refractivity contribution is -0.199. The molecule has 2 fully saturated rings. The van der Waals surface area contributed by atoms with Crippen LogP contribution >= 0.6 is 0 Å². The molecule has 3 rings (SSSR count). The summed E-state index contributed by atoms with van der Waals surface area (Å²) in [6, 6.07) is 8.62. The Hall–Kier alpha value is -1.96. The van der Waals surface area contributed by atoms with E-state index in [0.717, 1.165) is 0 Å². The van der Waals surface area contributed by atoms with E-state index in [1.165, 1.54) is 0 Å². The molecule has 0 radical (unpaired) electrons. The molecule has 3 atom stereocenters. The maximum absolute atomic E-state index is 11.9. The van der Waals surface area contributed by atoms with Gasteiger partial charge in [-0.3, -0.25) is 0 Å². The zero-order valence-electron chi connectivity index (χ0n) is 12.3. The van der Waals surface area contributed by atoms with Gasteiger partial charge in [-0.05, 0) is 26.0 Å². The van der Waals surface area contributed by atoms with Gasteiger partial charge in [0.05, 0.1) is 5.56 Å². The van der Waals surface area contributed by atoms with Crippen molar-refractivity contribution < 1.29 is 28.9 Å².